The topological polar surface area (TPSA) is 86.5 Å². The van der Waals surface area contributed by atoms with Crippen molar-refractivity contribution in [2.75, 3.05) is 0 Å². The first-order valence-electron chi connectivity index (χ1n) is 5.91. The largest absolute Gasteiger partial charge is 0.457 e. The number of carbonyl (C=O) groups is 1. The van der Waals surface area contributed by atoms with Crippen molar-refractivity contribution in [1.29, 1.82) is 0 Å². The number of nitrogens with two attached hydrogens (primary N) is 1. The summed E-state index contributed by atoms with van der Waals surface area (Å²) < 4.78 is 40.9. The van der Waals surface area contributed by atoms with Crippen molar-refractivity contribution in [2.45, 2.75) is 11.5 Å². The second-order valence-corrected chi connectivity index (χ2v) is 5.81. The summed E-state index contributed by atoms with van der Waals surface area (Å²) in [7, 11) is -4.02. The summed E-state index contributed by atoms with van der Waals surface area (Å²) in [5.41, 5.74) is 0.256. The van der Waals surface area contributed by atoms with Crippen LogP contribution in [0.25, 0.3) is 0 Å². The number of hydrogen-bond donors (Lipinski definition) is 1. The number of ether oxygens (including phenoxy) is 1. The van der Waals surface area contributed by atoms with Gasteiger partial charge in [-0.05, 0) is 23.8 Å². The van der Waals surface area contributed by atoms with E-state index in [0.717, 1.165) is 23.8 Å². The molecule has 0 heterocycles. The van der Waals surface area contributed by atoms with Crippen LogP contribution in [0.5, 0.6) is 0 Å². The van der Waals surface area contributed by atoms with Crippen LogP contribution in [0.3, 0.4) is 0 Å². The first kappa shape index (κ1) is 15.1. The Hall–Kier alpha value is -2.25. The highest BCUT2D eigenvalue weighted by atomic mass is 32.2. The molecule has 21 heavy (non-hydrogen) atoms. The third-order valence-electron chi connectivity index (χ3n) is 2.70. The summed E-state index contributed by atoms with van der Waals surface area (Å²) >= 11 is 0. The standard InChI is InChI=1S/C14H12FNO4S/c15-13-7-6-11(21(16,18)19)8-12(13)14(17)20-9-10-4-2-1-3-5-10/h1-8H,9H2,(H2,16,18,19). The van der Waals surface area contributed by atoms with Gasteiger partial charge in [0.15, 0.2) is 0 Å². The van der Waals surface area contributed by atoms with Crippen LogP contribution in [0.15, 0.2) is 53.4 Å². The Labute approximate surface area is 121 Å². The molecule has 5 nitrogen and oxygen atoms in total. The van der Waals surface area contributed by atoms with Gasteiger partial charge in [-0.15, -0.1) is 0 Å². The third-order valence-corrected chi connectivity index (χ3v) is 3.61. The normalized spacial score (nSPS) is 11.1. The molecule has 0 amide bonds. The second-order valence-electron chi connectivity index (χ2n) is 4.25. The van der Waals surface area contributed by atoms with E-state index in [2.05, 4.69) is 0 Å². The van der Waals surface area contributed by atoms with Crippen LogP contribution < -0.4 is 5.14 Å². The number of primary sulfonamides is 1. The average molecular weight is 309 g/mol. The highest BCUT2D eigenvalue weighted by Crippen LogP contribution is 2.15. The summed E-state index contributed by atoms with van der Waals surface area (Å²) in [5, 5.41) is 4.94. The van der Waals surface area contributed by atoms with Crippen molar-refractivity contribution in [3.63, 3.8) is 0 Å². The van der Waals surface area contributed by atoms with E-state index in [1.54, 1.807) is 30.3 Å². The highest BCUT2D eigenvalue weighted by Gasteiger charge is 2.18. The van der Waals surface area contributed by atoms with Gasteiger partial charge in [0, 0.05) is 0 Å². The zero-order valence-corrected chi connectivity index (χ0v) is 11.6. The number of halogens is 1. The summed E-state index contributed by atoms with van der Waals surface area (Å²) in [5.74, 6) is -1.83. The van der Waals surface area contributed by atoms with E-state index >= 15 is 0 Å². The van der Waals surface area contributed by atoms with Gasteiger partial charge in [0.25, 0.3) is 0 Å². The highest BCUT2D eigenvalue weighted by molar-refractivity contribution is 7.89. The van der Waals surface area contributed by atoms with E-state index in [9.17, 15) is 17.6 Å². The van der Waals surface area contributed by atoms with Crippen LogP contribution >= 0.6 is 0 Å². The maximum Gasteiger partial charge on any atom is 0.341 e. The zero-order valence-electron chi connectivity index (χ0n) is 10.8. The smallest absolute Gasteiger partial charge is 0.341 e. The van der Waals surface area contributed by atoms with Gasteiger partial charge in [0.1, 0.15) is 12.4 Å². The van der Waals surface area contributed by atoms with Crippen molar-refractivity contribution in [2.24, 2.45) is 5.14 Å². The lowest BCUT2D eigenvalue weighted by Crippen LogP contribution is -2.14. The monoisotopic (exact) mass is 309 g/mol. The fourth-order valence-corrected chi connectivity index (χ4v) is 2.18. The van der Waals surface area contributed by atoms with E-state index in [4.69, 9.17) is 9.88 Å². The van der Waals surface area contributed by atoms with Gasteiger partial charge in [-0.3, -0.25) is 0 Å². The minimum absolute atomic E-state index is 0.0429. The molecule has 2 aromatic rings. The van der Waals surface area contributed by atoms with E-state index in [1.807, 2.05) is 0 Å². The lowest BCUT2D eigenvalue weighted by Gasteiger charge is -2.07. The molecule has 0 saturated heterocycles. The predicted molar refractivity (Wildman–Crippen MR) is 73.3 cm³/mol. The van der Waals surface area contributed by atoms with E-state index in [-0.39, 0.29) is 11.5 Å². The SMILES string of the molecule is NS(=O)(=O)c1ccc(F)c(C(=O)OCc2ccccc2)c1. The molecule has 0 spiro atoms. The fraction of sp³-hybridized carbons (Fsp3) is 0.0714. The third kappa shape index (κ3) is 3.87. The number of sulfonamides is 1. The molecule has 0 aromatic heterocycles. The molecule has 110 valence electrons. The molecule has 0 radical (unpaired) electrons. The Morgan fingerprint density at radius 1 is 1.14 bits per heavy atom. The Morgan fingerprint density at radius 3 is 2.43 bits per heavy atom. The first-order valence-corrected chi connectivity index (χ1v) is 7.46. The summed E-state index contributed by atoms with van der Waals surface area (Å²) in [6, 6.07) is 11.5. The Morgan fingerprint density at radius 2 is 1.81 bits per heavy atom. The van der Waals surface area contributed by atoms with Crippen LogP contribution in [0.1, 0.15) is 15.9 Å². The maximum absolute atomic E-state index is 13.6. The number of hydrogen-bond acceptors (Lipinski definition) is 4. The Balaban J connectivity index is 2.19. The number of esters is 1. The van der Waals surface area contributed by atoms with Gasteiger partial charge < -0.3 is 4.74 Å². The van der Waals surface area contributed by atoms with Gasteiger partial charge in [-0.1, -0.05) is 30.3 Å². The number of carbonyl (C=O) groups excluding carboxylic acids is 1. The Bertz CT molecular complexity index is 760. The Kier molecular flexibility index (Phi) is 4.35. The van der Waals surface area contributed by atoms with Gasteiger partial charge in [-0.2, -0.15) is 0 Å². The van der Waals surface area contributed by atoms with Gasteiger partial charge >= 0.3 is 5.97 Å². The molecule has 0 bridgehead atoms. The number of benzene rings is 2. The lowest BCUT2D eigenvalue weighted by atomic mass is 10.2. The predicted octanol–water partition coefficient (Wildman–Crippen LogP) is 1.83. The van der Waals surface area contributed by atoms with Crippen LogP contribution in [-0.4, -0.2) is 14.4 Å². The minimum atomic E-state index is -4.02. The molecule has 0 saturated carbocycles. The summed E-state index contributed by atoms with van der Waals surface area (Å²) in [6.45, 7) is -0.0429. The fourth-order valence-electron chi connectivity index (χ4n) is 1.64. The van der Waals surface area contributed by atoms with Crippen molar-refractivity contribution in [3.8, 4) is 0 Å². The molecular formula is C14H12FNO4S. The average Bonchev–Trinajstić information content (AvgIpc) is 2.45. The van der Waals surface area contributed by atoms with Gasteiger partial charge in [0.2, 0.25) is 10.0 Å². The molecule has 2 rings (SSSR count). The van der Waals surface area contributed by atoms with Gasteiger partial charge in [0.05, 0.1) is 10.5 Å². The molecule has 7 heteroatoms. The molecule has 0 aliphatic heterocycles. The van der Waals surface area contributed by atoms with Crippen LogP contribution in [0.2, 0.25) is 0 Å². The van der Waals surface area contributed by atoms with Crippen molar-refractivity contribution < 1.29 is 22.3 Å². The molecular weight excluding hydrogens is 297 g/mol. The van der Waals surface area contributed by atoms with Crippen molar-refractivity contribution in [1.82, 2.24) is 0 Å². The van der Waals surface area contributed by atoms with Crippen LogP contribution in [0, 0.1) is 5.82 Å². The summed E-state index contributed by atoms with van der Waals surface area (Å²) in [4.78, 5) is 11.5. The molecule has 2 aromatic carbocycles. The van der Waals surface area contributed by atoms with Crippen LogP contribution in [-0.2, 0) is 21.4 Å². The lowest BCUT2D eigenvalue weighted by molar-refractivity contribution is 0.0467. The molecule has 0 atom stereocenters. The molecule has 0 fully saturated rings. The van der Waals surface area contributed by atoms with Crippen LogP contribution in [0.4, 0.5) is 4.39 Å². The molecule has 0 aliphatic carbocycles. The molecule has 0 unspecified atom stereocenters. The van der Waals surface area contributed by atoms with Crippen molar-refractivity contribution >= 4 is 16.0 Å². The number of rotatable bonds is 4. The molecule has 0 aliphatic rings. The zero-order chi connectivity index (χ0) is 15.5. The quantitative estimate of drug-likeness (QED) is 0.873. The van der Waals surface area contributed by atoms with E-state index < -0.39 is 27.4 Å². The molecule has 2 N–H and O–H groups in total. The first-order chi connectivity index (χ1) is 9.88. The van der Waals surface area contributed by atoms with Crippen molar-refractivity contribution in [3.05, 3.63) is 65.5 Å². The second kappa shape index (κ2) is 6.02. The van der Waals surface area contributed by atoms with E-state index in [0.29, 0.717) is 0 Å². The summed E-state index contributed by atoms with van der Waals surface area (Å²) in [6.07, 6.45) is 0. The maximum atomic E-state index is 13.6. The van der Waals surface area contributed by atoms with E-state index in [1.165, 1.54) is 0 Å². The minimum Gasteiger partial charge on any atom is -0.457 e. The van der Waals surface area contributed by atoms with Gasteiger partial charge in [-0.25, -0.2) is 22.7 Å².